The Morgan fingerprint density at radius 1 is 0.409 bits per heavy atom. The van der Waals surface area contributed by atoms with Crippen LogP contribution in [0.15, 0.2) is 117 Å². The summed E-state index contributed by atoms with van der Waals surface area (Å²) in [6, 6.07) is 41.8. The molecular weight excluding hydrogens is 1020 g/mol. The molecule has 0 fully saturated rings. The Morgan fingerprint density at radius 3 is 1.11 bits per heavy atom. The van der Waals surface area contributed by atoms with Gasteiger partial charge in [0.2, 0.25) is 0 Å². The van der Waals surface area contributed by atoms with E-state index in [0.717, 1.165) is 45.1 Å². The quantitative estimate of drug-likeness (QED) is 0.0708. The first-order chi connectivity index (χ1) is 32.3. The van der Waals surface area contributed by atoms with Crippen LogP contribution >= 0.6 is 77.2 Å². The lowest BCUT2D eigenvalue weighted by Crippen LogP contribution is -2.28. The van der Waals surface area contributed by atoms with E-state index in [1.807, 2.05) is 45.3 Å². The molecule has 0 bridgehead atoms. The molecule has 0 N–H and O–H groups in total. The predicted octanol–water partition coefficient (Wildman–Crippen LogP) is 19.4. The number of benzene rings is 4. The third kappa shape index (κ3) is 8.11. The van der Waals surface area contributed by atoms with Crippen molar-refractivity contribution >= 4 is 86.6 Å². The minimum Gasteiger partial charge on any atom is -0.494 e. The van der Waals surface area contributed by atoms with Crippen LogP contribution < -0.4 is 9.47 Å². The summed E-state index contributed by atoms with van der Waals surface area (Å²) in [6.07, 6.45) is 15.0. The van der Waals surface area contributed by atoms with Gasteiger partial charge in [-0.15, -0.1) is 45.3 Å². The van der Waals surface area contributed by atoms with E-state index in [1.54, 1.807) is 0 Å². The molecule has 340 valence electrons. The molecular formula is C58H58Br2O2S4. The van der Waals surface area contributed by atoms with Crippen molar-refractivity contribution in [2.75, 3.05) is 13.2 Å². The molecule has 2 unspecified atom stereocenters. The average molecular weight is 1080 g/mol. The maximum absolute atomic E-state index is 6.41. The van der Waals surface area contributed by atoms with Crippen LogP contribution in [0.1, 0.15) is 147 Å². The Kier molecular flexibility index (Phi) is 13.9. The number of aryl methyl sites for hydroxylation is 2. The highest BCUT2D eigenvalue weighted by atomic mass is 79.9. The van der Waals surface area contributed by atoms with Crippen molar-refractivity contribution in [2.45, 2.75) is 116 Å². The fourth-order valence-electron chi connectivity index (χ4n) is 10.7. The van der Waals surface area contributed by atoms with Crippen LogP contribution in [0.5, 0.6) is 11.5 Å². The maximum Gasteiger partial charge on any atom is 0.119 e. The molecule has 8 aromatic rings. The number of ether oxygens (including phenoxy) is 2. The Hall–Kier alpha value is -3.50. The number of unbranched alkanes of at least 4 members (excludes halogenated alkanes) is 10. The van der Waals surface area contributed by atoms with Gasteiger partial charge in [-0.2, -0.15) is 0 Å². The lowest BCUT2D eigenvalue weighted by molar-refractivity contribution is 0.304. The second-order valence-corrected chi connectivity index (χ2v) is 25.3. The maximum atomic E-state index is 6.41. The summed E-state index contributed by atoms with van der Waals surface area (Å²) in [7, 11) is 0. The van der Waals surface area contributed by atoms with Gasteiger partial charge in [-0.05, 0) is 128 Å². The number of thiophene rings is 4. The van der Waals surface area contributed by atoms with Gasteiger partial charge in [0.15, 0.2) is 0 Å². The van der Waals surface area contributed by atoms with Gasteiger partial charge < -0.3 is 9.47 Å². The second kappa shape index (κ2) is 19.8. The highest BCUT2D eigenvalue weighted by Crippen LogP contribution is 2.70. The molecule has 4 aromatic heterocycles. The van der Waals surface area contributed by atoms with Gasteiger partial charge in [-0.25, -0.2) is 0 Å². The van der Waals surface area contributed by atoms with Gasteiger partial charge in [0.1, 0.15) is 11.5 Å². The summed E-state index contributed by atoms with van der Waals surface area (Å²) in [6.45, 7) is 10.5. The van der Waals surface area contributed by atoms with Crippen LogP contribution in [-0.2, 0) is 10.8 Å². The normalized spacial score (nSPS) is 17.0. The molecule has 2 aliphatic carbocycles. The van der Waals surface area contributed by atoms with Crippen molar-refractivity contribution in [3.63, 3.8) is 0 Å². The van der Waals surface area contributed by atoms with Crippen LogP contribution in [0.4, 0.5) is 0 Å². The van der Waals surface area contributed by atoms with E-state index in [0.29, 0.717) is 0 Å². The Labute approximate surface area is 424 Å². The topological polar surface area (TPSA) is 18.5 Å². The Balaban J connectivity index is 1.13. The summed E-state index contributed by atoms with van der Waals surface area (Å²) >= 11 is 15.8. The fraction of sp³-hybridized carbons (Fsp3) is 0.345. The zero-order valence-corrected chi connectivity index (χ0v) is 44.9. The zero-order chi connectivity index (χ0) is 45.4. The number of hydrogen-bond donors (Lipinski definition) is 0. The van der Waals surface area contributed by atoms with Crippen molar-refractivity contribution in [3.05, 3.63) is 172 Å². The van der Waals surface area contributed by atoms with Crippen molar-refractivity contribution in [1.82, 2.24) is 0 Å². The summed E-state index contributed by atoms with van der Waals surface area (Å²) in [5.74, 6) is 1.89. The third-order valence-corrected chi connectivity index (χ3v) is 20.1. The molecule has 0 saturated heterocycles. The molecule has 0 amide bonds. The van der Waals surface area contributed by atoms with Gasteiger partial charge in [0.05, 0.1) is 60.5 Å². The standard InChI is InChI=1S/C58H58Br2O2S4/c1-5-7-9-11-13-15-33-61-43-29-25-41(26-30-43)57(39-21-17-37(3)18-22-39)45-35-47(59)63-51(45)53-49(57)55-56(65-53)50-54(66-55)52-46(36-48(60)64-52)58(50,40-23-19-38(4)20-24-40)42-27-31-44(32-28-42)62-34-16-14-12-10-8-6-2/h17-32,35-36H,5-16,33-34H2,1-4H3. The highest BCUT2D eigenvalue weighted by molar-refractivity contribution is 9.11. The van der Waals surface area contributed by atoms with Gasteiger partial charge >= 0.3 is 0 Å². The first kappa shape index (κ1) is 46.2. The first-order valence-corrected chi connectivity index (χ1v) is 29.0. The molecule has 8 heteroatoms. The van der Waals surface area contributed by atoms with E-state index in [9.17, 15) is 0 Å². The van der Waals surface area contributed by atoms with E-state index in [2.05, 4.69) is 169 Å². The van der Waals surface area contributed by atoms with Crippen LogP contribution in [0.25, 0.3) is 28.9 Å². The second-order valence-electron chi connectivity index (χ2n) is 18.4. The smallest absolute Gasteiger partial charge is 0.119 e. The third-order valence-electron chi connectivity index (χ3n) is 14.0. The van der Waals surface area contributed by atoms with Gasteiger partial charge in [0.25, 0.3) is 0 Å². The molecule has 2 aliphatic rings. The van der Waals surface area contributed by atoms with Gasteiger partial charge in [-0.1, -0.05) is 162 Å². The van der Waals surface area contributed by atoms with Crippen molar-refractivity contribution < 1.29 is 9.47 Å². The number of hydrogen-bond acceptors (Lipinski definition) is 6. The summed E-state index contributed by atoms with van der Waals surface area (Å²) in [4.78, 5) is 5.51. The molecule has 0 aliphatic heterocycles. The Morgan fingerprint density at radius 2 is 0.742 bits per heavy atom. The fourth-order valence-corrected chi connectivity index (χ4v) is 17.4. The molecule has 0 spiro atoms. The molecule has 66 heavy (non-hydrogen) atoms. The predicted molar refractivity (Wildman–Crippen MR) is 293 cm³/mol. The number of halogens is 2. The molecule has 4 heterocycles. The van der Waals surface area contributed by atoms with Gasteiger partial charge in [0, 0.05) is 11.1 Å². The van der Waals surface area contributed by atoms with E-state index < -0.39 is 10.8 Å². The summed E-state index contributed by atoms with van der Waals surface area (Å²) in [5, 5.41) is 0. The van der Waals surface area contributed by atoms with Crippen LogP contribution in [0, 0.1) is 13.8 Å². The molecule has 0 radical (unpaired) electrons. The monoisotopic (exact) mass is 1070 g/mol. The van der Waals surface area contributed by atoms with Gasteiger partial charge in [-0.3, -0.25) is 0 Å². The number of fused-ring (bicyclic) bond motifs is 9. The Bertz CT molecular complexity index is 2730. The molecule has 2 atom stereocenters. The summed E-state index contributed by atoms with van der Waals surface area (Å²) < 4.78 is 17.9. The zero-order valence-electron chi connectivity index (χ0n) is 38.5. The first-order valence-electron chi connectivity index (χ1n) is 24.1. The SMILES string of the molecule is CCCCCCCCOc1ccc(C2(c3ccc(C)cc3)c3cc(Br)sc3-c3sc4c5c(sc4c32)-c2sc(Br)cc2C5(c2ccc(C)cc2)c2ccc(OCCCCCCCC)cc2)cc1. The lowest BCUT2D eigenvalue weighted by Gasteiger charge is -2.33. The largest absolute Gasteiger partial charge is 0.494 e. The molecule has 10 rings (SSSR count). The van der Waals surface area contributed by atoms with E-state index in [-0.39, 0.29) is 0 Å². The van der Waals surface area contributed by atoms with E-state index >= 15 is 0 Å². The van der Waals surface area contributed by atoms with Crippen molar-refractivity contribution in [3.8, 4) is 31.0 Å². The minimum absolute atomic E-state index is 0.518. The molecule has 0 saturated carbocycles. The molecule has 2 nitrogen and oxygen atoms in total. The lowest BCUT2D eigenvalue weighted by atomic mass is 9.67. The molecule has 4 aromatic carbocycles. The average Bonchev–Trinajstić information content (AvgIpc) is 4.16. The van der Waals surface area contributed by atoms with Crippen molar-refractivity contribution in [2.24, 2.45) is 0 Å². The van der Waals surface area contributed by atoms with Crippen LogP contribution in [0.2, 0.25) is 0 Å². The van der Waals surface area contributed by atoms with E-state index in [1.165, 1.54) is 149 Å². The number of rotatable bonds is 20. The van der Waals surface area contributed by atoms with E-state index in [4.69, 9.17) is 9.47 Å². The van der Waals surface area contributed by atoms with Crippen molar-refractivity contribution in [1.29, 1.82) is 0 Å². The minimum atomic E-state index is -0.518. The van der Waals surface area contributed by atoms with Crippen LogP contribution in [0.3, 0.4) is 0 Å². The highest BCUT2D eigenvalue weighted by Gasteiger charge is 2.55. The summed E-state index contributed by atoms with van der Waals surface area (Å²) in [5.41, 5.74) is 12.2. The van der Waals surface area contributed by atoms with Crippen LogP contribution in [-0.4, -0.2) is 13.2 Å².